The molecule has 5 heteroatoms. The van der Waals surface area contributed by atoms with E-state index in [-0.39, 0.29) is 17.8 Å². The highest BCUT2D eigenvalue weighted by Gasteiger charge is 2.44. The Morgan fingerprint density at radius 1 is 1.42 bits per heavy atom. The number of hydrogen-bond donors (Lipinski definition) is 2. The average molecular weight is 269 g/mol. The summed E-state index contributed by atoms with van der Waals surface area (Å²) in [5.74, 6) is 0.538. The van der Waals surface area contributed by atoms with E-state index in [0.29, 0.717) is 18.8 Å². The molecule has 0 aromatic carbocycles. The maximum atomic E-state index is 12.9. The highest BCUT2D eigenvalue weighted by Crippen LogP contribution is 2.33. The zero-order valence-corrected chi connectivity index (χ0v) is 12.5. The summed E-state index contributed by atoms with van der Waals surface area (Å²) in [7, 11) is 0. The second kappa shape index (κ2) is 6.26. The van der Waals surface area contributed by atoms with Crippen LogP contribution >= 0.6 is 0 Å². The van der Waals surface area contributed by atoms with Crippen molar-refractivity contribution in [3.05, 3.63) is 0 Å². The number of amidine groups is 1. The molecule has 0 aliphatic carbocycles. The van der Waals surface area contributed by atoms with Crippen molar-refractivity contribution in [1.29, 1.82) is 0 Å². The van der Waals surface area contributed by atoms with Crippen LogP contribution in [0, 0.1) is 11.3 Å². The van der Waals surface area contributed by atoms with Crippen LogP contribution in [0.1, 0.15) is 53.4 Å². The predicted octanol–water partition coefficient (Wildman–Crippen LogP) is 2.19. The van der Waals surface area contributed by atoms with Crippen LogP contribution in [0.5, 0.6) is 0 Å². The summed E-state index contributed by atoms with van der Waals surface area (Å²) in [6.07, 6.45) is 3.28. The lowest BCUT2D eigenvalue weighted by Gasteiger charge is -2.43. The Hall–Kier alpha value is -1.26. The monoisotopic (exact) mass is 269 g/mol. The van der Waals surface area contributed by atoms with Gasteiger partial charge in [0.2, 0.25) is 5.91 Å². The molecular weight excluding hydrogens is 242 g/mol. The highest BCUT2D eigenvalue weighted by atomic mass is 16.4. The lowest BCUT2D eigenvalue weighted by atomic mass is 9.78. The third-order valence-electron chi connectivity index (χ3n) is 4.85. The van der Waals surface area contributed by atoms with Crippen molar-refractivity contribution < 1.29 is 10.0 Å². The number of hydrogen-bond acceptors (Lipinski definition) is 3. The first-order valence-electron chi connectivity index (χ1n) is 7.23. The highest BCUT2D eigenvalue weighted by molar-refractivity contribution is 6.06. The molecule has 0 spiro atoms. The van der Waals surface area contributed by atoms with Crippen molar-refractivity contribution in [2.24, 2.45) is 22.2 Å². The number of rotatable bonds is 4. The second-order valence-electron chi connectivity index (χ2n) is 5.63. The van der Waals surface area contributed by atoms with E-state index in [4.69, 9.17) is 10.9 Å². The van der Waals surface area contributed by atoms with Crippen LogP contribution in [0.4, 0.5) is 0 Å². The number of amides is 1. The standard InChI is InChI=1S/C14H27N3O2/c1-5-14(6-2,12(15)16-19)13(18)17-9-7-8-10(3)11(17)4/h10-11,19H,5-9H2,1-4H3,(H2,15,16). The van der Waals surface area contributed by atoms with Gasteiger partial charge in [-0.25, -0.2) is 0 Å². The molecule has 1 saturated heterocycles. The van der Waals surface area contributed by atoms with Gasteiger partial charge in [-0.1, -0.05) is 25.9 Å². The van der Waals surface area contributed by atoms with Gasteiger partial charge in [-0.15, -0.1) is 0 Å². The van der Waals surface area contributed by atoms with E-state index in [9.17, 15) is 4.79 Å². The number of nitrogens with two attached hydrogens (primary N) is 1. The lowest BCUT2D eigenvalue weighted by molar-refractivity contribution is -0.143. The molecule has 0 aromatic heterocycles. The summed E-state index contributed by atoms with van der Waals surface area (Å²) in [6.45, 7) is 8.86. The fraction of sp³-hybridized carbons (Fsp3) is 0.857. The minimum absolute atomic E-state index is 0.00634. The number of carbonyl (C=O) groups is 1. The molecule has 3 N–H and O–H groups in total. The third kappa shape index (κ3) is 2.69. The Labute approximate surface area is 115 Å². The first-order chi connectivity index (χ1) is 8.94. The molecule has 1 heterocycles. The zero-order chi connectivity index (χ0) is 14.6. The van der Waals surface area contributed by atoms with Crippen molar-refractivity contribution in [3.63, 3.8) is 0 Å². The molecule has 110 valence electrons. The predicted molar refractivity (Wildman–Crippen MR) is 76.0 cm³/mol. The maximum Gasteiger partial charge on any atom is 0.236 e. The molecule has 1 rings (SSSR count). The van der Waals surface area contributed by atoms with E-state index in [1.165, 1.54) is 0 Å². The van der Waals surface area contributed by atoms with Crippen LogP contribution in [-0.4, -0.2) is 34.4 Å². The van der Waals surface area contributed by atoms with Gasteiger partial charge < -0.3 is 15.8 Å². The average Bonchev–Trinajstić information content (AvgIpc) is 2.43. The van der Waals surface area contributed by atoms with Crippen LogP contribution in [0.3, 0.4) is 0 Å². The smallest absolute Gasteiger partial charge is 0.236 e. The van der Waals surface area contributed by atoms with E-state index < -0.39 is 5.41 Å². The summed E-state index contributed by atoms with van der Waals surface area (Å²) in [5.41, 5.74) is 4.95. The van der Waals surface area contributed by atoms with E-state index in [1.54, 1.807) is 0 Å². The molecule has 0 aromatic rings. The number of piperidine rings is 1. The lowest BCUT2D eigenvalue weighted by Crippen LogP contribution is -2.56. The fourth-order valence-corrected chi connectivity index (χ4v) is 3.02. The minimum Gasteiger partial charge on any atom is -0.409 e. The maximum absolute atomic E-state index is 12.9. The van der Waals surface area contributed by atoms with Gasteiger partial charge in [0.15, 0.2) is 5.84 Å². The van der Waals surface area contributed by atoms with Crippen molar-refractivity contribution in [1.82, 2.24) is 4.90 Å². The van der Waals surface area contributed by atoms with Crippen LogP contribution in [0.25, 0.3) is 0 Å². The van der Waals surface area contributed by atoms with Crippen LogP contribution in [0.15, 0.2) is 5.16 Å². The second-order valence-corrected chi connectivity index (χ2v) is 5.63. The molecule has 5 nitrogen and oxygen atoms in total. The van der Waals surface area contributed by atoms with Crippen LogP contribution < -0.4 is 5.73 Å². The van der Waals surface area contributed by atoms with Crippen molar-refractivity contribution in [2.45, 2.75) is 59.4 Å². The van der Waals surface area contributed by atoms with Gasteiger partial charge in [0.25, 0.3) is 0 Å². The Bertz CT molecular complexity index is 351. The number of carbonyl (C=O) groups excluding carboxylic acids is 1. The molecule has 2 atom stereocenters. The Morgan fingerprint density at radius 2 is 2.00 bits per heavy atom. The Balaban J connectivity index is 3.06. The van der Waals surface area contributed by atoms with E-state index in [0.717, 1.165) is 19.4 Å². The first-order valence-corrected chi connectivity index (χ1v) is 7.23. The molecule has 2 unspecified atom stereocenters. The molecule has 1 amide bonds. The number of nitrogens with zero attached hydrogens (tertiary/aromatic N) is 2. The first kappa shape index (κ1) is 15.8. The van der Waals surface area contributed by atoms with Gasteiger partial charge in [-0.05, 0) is 38.5 Å². The van der Waals surface area contributed by atoms with Crippen LogP contribution in [0.2, 0.25) is 0 Å². The zero-order valence-electron chi connectivity index (χ0n) is 12.5. The topological polar surface area (TPSA) is 78.9 Å². The van der Waals surface area contributed by atoms with Gasteiger partial charge in [0.1, 0.15) is 5.41 Å². The van der Waals surface area contributed by atoms with Gasteiger partial charge in [-0.2, -0.15) is 0 Å². The quantitative estimate of drug-likeness (QED) is 0.355. The molecule has 1 fully saturated rings. The normalized spacial score (nSPS) is 25.5. The molecule has 1 aliphatic rings. The van der Waals surface area contributed by atoms with Crippen molar-refractivity contribution in [3.8, 4) is 0 Å². The molecule has 1 aliphatic heterocycles. The van der Waals surface area contributed by atoms with E-state index >= 15 is 0 Å². The van der Waals surface area contributed by atoms with Gasteiger partial charge in [-0.3, -0.25) is 4.79 Å². The Kier molecular flexibility index (Phi) is 5.20. The molecule has 0 radical (unpaired) electrons. The fourth-order valence-electron chi connectivity index (χ4n) is 3.02. The van der Waals surface area contributed by atoms with Crippen molar-refractivity contribution >= 4 is 11.7 Å². The summed E-state index contributed by atoms with van der Waals surface area (Å²) in [6, 6.07) is 0.213. The van der Waals surface area contributed by atoms with Gasteiger partial charge >= 0.3 is 0 Å². The molecular formula is C14H27N3O2. The third-order valence-corrected chi connectivity index (χ3v) is 4.85. The molecule has 19 heavy (non-hydrogen) atoms. The molecule has 0 bridgehead atoms. The SMILES string of the molecule is CCC(CC)(C(=O)N1CCCC(C)C1C)C(N)=NO. The minimum atomic E-state index is -0.861. The van der Waals surface area contributed by atoms with Gasteiger partial charge in [0, 0.05) is 12.6 Å². The van der Waals surface area contributed by atoms with E-state index in [2.05, 4.69) is 19.0 Å². The number of oxime groups is 1. The number of likely N-dealkylation sites (tertiary alicyclic amines) is 1. The summed E-state index contributed by atoms with van der Waals surface area (Å²) in [4.78, 5) is 14.8. The largest absolute Gasteiger partial charge is 0.409 e. The summed E-state index contributed by atoms with van der Waals surface area (Å²) in [5, 5.41) is 12.1. The van der Waals surface area contributed by atoms with E-state index in [1.807, 2.05) is 18.7 Å². The van der Waals surface area contributed by atoms with Gasteiger partial charge in [0.05, 0.1) is 0 Å². The summed E-state index contributed by atoms with van der Waals surface area (Å²) < 4.78 is 0. The van der Waals surface area contributed by atoms with Crippen LogP contribution in [-0.2, 0) is 4.79 Å². The van der Waals surface area contributed by atoms with Crippen molar-refractivity contribution in [2.75, 3.05) is 6.54 Å². The molecule has 0 saturated carbocycles. The summed E-state index contributed by atoms with van der Waals surface area (Å²) >= 11 is 0. The Morgan fingerprint density at radius 3 is 2.47 bits per heavy atom.